The maximum absolute atomic E-state index is 12.9. The fourth-order valence-corrected chi connectivity index (χ4v) is 4.49. The highest BCUT2D eigenvalue weighted by Gasteiger charge is 2.19. The second kappa shape index (κ2) is 10.6. The summed E-state index contributed by atoms with van der Waals surface area (Å²) >= 11 is 0. The summed E-state index contributed by atoms with van der Waals surface area (Å²) in [5.41, 5.74) is 5.24. The predicted molar refractivity (Wildman–Crippen MR) is 144 cm³/mol. The number of benzene rings is 2. The summed E-state index contributed by atoms with van der Waals surface area (Å²) in [5, 5.41) is 27.4. The van der Waals surface area contributed by atoms with Crippen molar-refractivity contribution in [1.82, 2.24) is 30.2 Å². The van der Waals surface area contributed by atoms with Crippen molar-refractivity contribution >= 4 is 5.82 Å². The fourth-order valence-electron chi connectivity index (χ4n) is 4.49. The van der Waals surface area contributed by atoms with Crippen LogP contribution in [-0.2, 0) is 13.0 Å². The molecule has 0 bridgehead atoms. The molecule has 5 aromatic rings. The number of nitrogens with zero attached hydrogens (tertiary/aromatic N) is 7. The summed E-state index contributed by atoms with van der Waals surface area (Å²) in [6.45, 7) is 2.85. The highest BCUT2D eigenvalue weighted by molar-refractivity contribution is 5.89. The molecule has 37 heavy (non-hydrogen) atoms. The zero-order chi connectivity index (χ0) is 25.8. The summed E-state index contributed by atoms with van der Waals surface area (Å²) < 4.78 is 3.13. The number of aromatic amines is 1. The predicted octanol–water partition coefficient (Wildman–Crippen LogP) is 4.49. The Hall–Kier alpha value is -4.53. The topological polar surface area (TPSA) is 102 Å². The van der Waals surface area contributed by atoms with Gasteiger partial charge in [-0.15, -0.1) is 5.10 Å². The van der Waals surface area contributed by atoms with Crippen LogP contribution in [0.1, 0.15) is 31.2 Å². The Kier molecular flexibility index (Phi) is 6.93. The van der Waals surface area contributed by atoms with E-state index in [0.29, 0.717) is 18.1 Å². The first kappa shape index (κ1) is 24.2. The Balaban J connectivity index is 1.62. The van der Waals surface area contributed by atoms with Crippen molar-refractivity contribution in [2.75, 3.05) is 19.0 Å². The smallest absolute Gasteiger partial charge is 0.224 e. The third kappa shape index (κ3) is 5.06. The van der Waals surface area contributed by atoms with E-state index in [0.717, 1.165) is 63.5 Å². The van der Waals surface area contributed by atoms with Crippen LogP contribution in [0.5, 0.6) is 0 Å². The second-order valence-corrected chi connectivity index (χ2v) is 9.23. The van der Waals surface area contributed by atoms with E-state index in [1.54, 1.807) is 6.07 Å². The van der Waals surface area contributed by atoms with E-state index >= 15 is 0 Å². The lowest BCUT2D eigenvalue weighted by atomic mass is 9.92. The number of imidazole rings is 1. The molecule has 2 aromatic carbocycles. The Morgan fingerprint density at radius 1 is 0.973 bits per heavy atom. The van der Waals surface area contributed by atoms with Gasteiger partial charge >= 0.3 is 0 Å². The number of unbranched alkanes of at least 4 members (excludes halogenated alkanes) is 1. The average Bonchev–Trinajstić information content (AvgIpc) is 3.59. The minimum atomic E-state index is 0.573. The van der Waals surface area contributed by atoms with Crippen molar-refractivity contribution in [2.24, 2.45) is 0 Å². The van der Waals surface area contributed by atoms with Crippen LogP contribution in [0.25, 0.3) is 33.8 Å². The number of anilines is 1. The van der Waals surface area contributed by atoms with Crippen molar-refractivity contribution in [2.45, 2.75) is 32.7 Å². The van der Waals surface area contributed by atoms with Crippen LogP contribution in [0.3, 0.4) is 0 Å². The van der Waals surface area contributed by atoms with E-state index in [1.807, 2.05) is 55.4 Å². The van der Waals surface area contributed by atoms with E-state index in [1.165, 1.54) is 6.20 Å². The molecular weight excluding hydrogens is 464 g/mol. The SMILES string of the molecule is CCCCc1nc(N(C)C)cn1Cc1ccc(-c2ccccc2-c2nnn[nH]2)c(-c2cccc[n+]2[O-])c1. The average molecular weight is 495 g/mol. The largest absolute Gasteiger partial charge is 0.618 e. The van der Waals surface area contributed by atoms with Crippen molar-refractivity contribution in [1.29, 1.82) is 0 Å². The number of rotatable bonds is 9. The molecule has 3 aromatic heterocycles. The lowest BCUT2D eigenvalue weighted by Crippen LogP contribution is -2.28. The first-order valence-electron chi connectivity index (χ1n) is 12.4. The van der Waals surface area contributed by atoms with Gasteiger partial charge in [0.1, 0.15) is 11.6 Å². The molecule has 188 valence electrons. The van der Waals surface area contributed by atoms with E-state index in [4.69, 9.17) is 4.98 Å². The van der Waals surface area contributed by atoms with Gasteiger partial charge in [0.05, 0.1) is 5.56 Å². The minimum absolute atomic E-state index is 0.573. The van der Waals surface area contributed by atoms with Crippen LogP contribution in [0.15, 0.2) is 73.1 Å². The van der Waals surface area contributed by atoms with Gasteiger partial charge < -0.3 is 14.7 Å². The molecule has 9 heteroatoms. The number of pyridine rings is 1. The van der Waals surface area contributed by atoms with Crippen molar-refractivity contribution in [3.63, 3.8) is 0 Å². The Labute approximate surface area is 216 Å². The molecular formula is C28H30N8O. The first-order chi connectivity index (χ1) is 18.0. The number of aryl methyl sites for hydroxylation is 1. The Morgan fingerprint density at radius 2 is 1.76 bits per heavy atom. The summed E-state index contributed by atoms with van der Waals surface area (Å²) in [6.07, 6.45) is 6.75. The molecule has 0 radical (unpaired) electrons. The van der Waals surface area contributed by atoms with Crippen LogP contribution >= 0.6 is 0 Å². The van der Waals surface area contributed by atoms with Gasteiger partial charge in [-0.25, -0.2) is 10.1 Å². The highest BCUT2D eigenvalue weighted by Crippen LogP contribution is 2.36. The van der Waals surface area contributed by atoms with E-state index in [-0.39, 0.29) is 0 Å². The van der Waals surface area contributed by atoms with Gasteiger partial charge in [-0.05, 0) is 45.7 Å². The first-order valence-corrected chi connectivity index (χ1v) is 12.4. The van der Waals surface area contributed by atoms with Crippen molar-refractivity contribution in [3.8, 4) is 33.8 Å². The zero-order valence-electron chi connectivity index (χ0n) is 21.3. The van der Waals surface area contributed by atoms with Gasteiger partial charge in [0.15, 0.2) is 12.0 Å². The molecule has 0 saturated carbocycles. The van der Waals surface area contributed by atoms with Gasteiger partial charge in [-0.2, -0.15) is 4.73 Å². The molecule has 0 spiro atoms. The summed E-state index contributed by atoms with van der Waals surface area (Å²) in [5.74, 6) is 2.58. The van der Waals surface area contributed by atoms with E-state index in [9.17, 15) is 5.21 Å². The van der Waals surface area contributed by atoms with Gasteiger partial charge in [0.2, 0.25) is 5.69 Å². The molecule has 0 atom stereocenters. The standard InChI is InChI=1S/C28H30N8O/c1-4-5-13-26-29-27(34(2)3)19-35(26)18-20-14-15-22(24(17-20)25-12-8-9-16-36(25)37)21-10-6-7-11-23(21)28-30-32-33-31-28/h6-12,14-17,19H,4-5,13,18H2,1-3H3,(H,30,31,32,33). The molecule has 0 aliphatic heterocycles. The van der Waals surface area contributed by atoms with Gasteiger partial charge in [0.25, 0.3) is 0 Å². The number of hydrogen-bond donors (Lipinski definition) is 1. The molecule has 0 fully saturated rings. The van der Waals surface area contributed by atoms with Crippen LogP contribution in [0.2, 0.25) is 0 Å². The van der Waals surface area contributed by atoms with Crippen molar-refractivity contribution in [3.05, 3.63) is 89.7 Å². The molecule has 0 unspecified atom stereocenters. The molecule has 0 aliphatic rings. The second-order valence-electron chi connectivity index (χ2n) is 9.23. The zero-order valence-corrected chi connectivity index (χ0v) is 21.3. The number of H-pyrrole nitrogens is 1. The quantitative estimate of drug-likeness (QED) is 0.239. The summed E-state index contributed by atoms with van der Waals surface area (Å²) in [4.78, 5) is 6.88. The molecule has 3 heterocycles. The molecule has 0 amide bonds. The van der Waals surface area contributed by atoms with Crippen LogP contribution in [0.4, 0.5) is 5.82 Å². The van der Waals surface area contributed by atoms with Crippen LogP contribution < -0.4 is 9.63 Å². The number of hydrogen-bond acceptors (Lipinski definition) is 6. The van der Waals surface area contributed by atoms with Gasteiger partial charge in [-0.1, -0.05) is 49.7 Å². The van der Waals surface area contributed by atoms with E-state index in [2.05, 4.69) is 56.5 Å². The highest BCUT2D eigenvalue weighted by atomic mass is 16.5. The lowest BCUT2D eigenvalue weighted by Gasteiger charge is -2.15. The fraction of sp³-hybridized carbons (Fsp3) is 0.250. The maximum Gasteiger partial charge on any atom is 0.224 e. The lowest BCUT2D eigenvalue weighted by molar-refractivity contribution is -0.593. The maximum atomic E-state index is 12.9. The van der Waals surface area contributed by atoms with Crippen LogP contribution in [0, 0.1) is 5.21 Å². The number of nitrogens with one attached hydrogen (secondary N) is 1. The Bertz CT molecular complexity index is 1490. The monoisotopic (exact) mass is 494 g/mol. The summed E-state index contributed by atoms with van der Waals surface area (Å²) in [7, 11) is 4.01. The molecule has 1 N–H and O–H groups in total. The molecule has 0 aliphatic carbocycles. The number of aromatic nitrogens is 7. The van der Waals surface area contributed by atoms with Gasteiger partial charge in [0, 0.05) is 51.0 Å². The minimum Gasteiger partial charge on any atom is -0.618 e. The third-order valence-electron chi connectivity index (χ3n) is 6.41. The molecule has 0 saturated heterocycles. The third-order valence-corrected chi connectivity index (χ3v) is 6.41. The summed E-state index contributed by atoms with van der Waals surface area (Å²) in [6, 6.07) is 19.7. The number of tetrazole rings is 1. The molecule has 5 rings (SSSR count). The Morgan fingerprint density at radius 3 is 2.49 bits per heavy atom. The normalized spacial score (nSPS) is 11.1. The van der Waals surface area contributed by atoms with Crippen LogP contribution in [-0.4, -0.2) is 44.3 Å². The van der Waals surface area contributed by atoms with E-state index < -0.39 is 0 Å². The molecule has 9 nitrogen and oxygen atoms in total. The van der Waals surface area contributed by atoms with Gasteiger partial charge in [-0.3, -0.25) is 0 Å². The van der Waals surface area contributed by atoms with Crippen molar-refractivity contribution < 1.29 is 4.73 Å².